The third kappa shape index (κ3) is 3.93. The van der Waals surface area contributed by atoms with E-state index in [1.807, 2.05) is 37.3 Å². The number of nitrogens with one attached hydrogen (secondary N) is 1. The maximum absolute atomic E-state index is 6.00. The molecule has 0 amide bonds. The van der Waals surface area contributed by atoms with Crippen LogP contribution in [0.1, 0.15) is 24.1 Å². The zero-order chi connectivity index (χ0) is 14.4. The molecular formula is C15H18ClN3O. The number of rotatable bonds is 6. The van der Waals surface area contributed by atoms with Crippen molar-refractivity contribution in [2.75, 3.05) is 6.61 Å². The van der Waals surface area contributed by atoms with Crippen LogP contribution in [-0.2, 0) is 6.42 Å². The highest BCUT2D eigenvalue weighted by Gasteiger charge is 2.12. The molecule has 0 saturated heterocycles. The van der Waals surface area contributed by atoms with Crippen molar-refractivity contribution in [3.05, 3.63) is 58.9 Å². The molecule has 0 saturated carbocycles. The molecule has 0 aliphatic rings. The van der Waals surface area contributed by atoms with Crippen LogP contribution >= 0.6 is 11.6 Å². The third-order valence-corrected chi connectivity index (χ3v) is 3.21. The first kappa shape index (κ1) is 14.8. The number of aromatic nitrogens is 1. The molecule has 4 nitrogen and oxygen atoms in total. The molecule has 5 heteroatoms. The van der Waals surface area contributed by atoms with Gasteiger partial charge < -0.3 is 4.74 Å². The third-order valence-electron chi connectivity index (χ3n) is 2.98. The van der Waals surface area contributed by atoms with Gasteiger partial charge in [-0.05, 0) is 42.7 Å². The maximum atomic E-state index is 6.00. The fraction of sp³-hybridized carbons (Fsp3) is 0.267. The Balaban J connectivity index is 2.17. The molecule has 106 valence electrons. The Morgan fingerprint density at radius 2 is 2.20 bits per heavy atom. The van der Waals surface area contributed by atoms with Crippen molar-refractivity contribution in [3.8, 4) is 5.75 Å². The predicted molar refractivity (Wildman–Crippen MR) is 80.6 cm³/mol. The van der Waals surface area contributed by atoms with E-state index in [1.54, 1.807) is 12.4 Å². The quantitative estimate of drug-likeness (QED) is 0.635. The zero-order valence-corrected chi connectivity index (χ0v) is 12.1. The number of ether oxygens (including phenoxy) is 1. The predicted octanol–water partition coefficient (Wildman–Crippen LogP) is 2.88. The van der Waals surface area contributed by atoms with Gasteiger partial charge in [-0.2, -0.15) is 0 Å². The van der Waals surface area contributed by atoms with Gasteiger partial charge in [0.25, 0.3) is 0 Å². The molecule has 20 heavy (non-hydrogen) atoms. The first-order valence-corrected chi connectivity index (χ1v) is 6.89. The molecule has 0 spiro atoms. The SMILES string of the molecule is CCOc1cncc(C(Cc2cccc(Cl)c2)NN)c1. The molecule has 2 aromatic rings. The topological polar surface area (TPSA) is 60.2 Å². The second-order valence-electron chi connectivity index (χ2n) is 4.44. The lowest BCUT2D eigenvalue weighted by Gasteiger charge is -2.17. The number of halogens is 1. The van der Waals surface area contributed by atoms with Crippen LogP contribution in [0.2, 0.25) is 5.02 Å². The Labute approximate surface area is 123 Å². The van der Waals surface area contributed by atoms with Gasteiger partial charge >= 0.3 is 0 Å². The van der Waals surface area contributed by atoms with Crippen LogP contribution in [0.5, 0.6) is 5.75 Å². The van der Waals surface area contributed by atoms with Crippen molar-refractivity contribution in [2.24, 2.45) is 5.84 Å². The van der Waals surface area contributed by atoms with Crippen molar-refractivity contribution >= 4 is 11.6 Å². The van der Waals surface area contributed by atoms with Gasteiger partial charge in [0.15, 0.2) is 0 Å². The Hall–Kier alpha value is -1.62. The van der Waals surface area contributed by atoms with E-state index in [1.165, 1.54) is 0 Å². The van der Waals surface area contributed by atoms with Gasteiger partial charge in [-0.25, -0.2) is 0 Å². The van der Waals surface area contributed by atoms with E-state index in [2.05, 4.69) is 10.4 Å². The minimum Gasteiger partial charge on any atom is -0.492 e. The first-order chi connectivity index (χ1) is 9.72. The summed E-state index contributed by atoms with van der Waals surface area (Å²) in [5.41, 5.74) is 4.91. The minimum atomic E-state index is -0.0404. The Kier molecular flexibility index (Phi) is 5.35. The van der Waals surface area contributed by atoms with Crippen LogP contribution in [-0.4, -0.2) is 11.6 Å². The number of hydrogen-bond acceptors (Lipinski definition) is 4. The standard InChI is InChI=1S/C15H18ClN3O/c1-2-20-14-8-12(9-18-10-14)15(19-17)7-11-4-3-5-13(16)6-11/h3-6,8-10,15,19H,2,7,17H2,1H3. The number of benzene rings is 1. The van der Waals surface area contributed by atoms with Crippen LogP contribution < -0.4 is 16.0 Å². The monoisotopic (exact) mass is 291 g/mol. The highest BCUT2D eigenvalue weighted by Crippen LogP contribution is 2.22. The number of nitrogens with two attached hydrogens (primary N) is 1. The van der Waals surface area contributed by atoms with E-state index in [-0.39, 0.29) is 6.04 Å². The molecule has 0 radical (unpaired) electrons. The van der Waals surface area contributed by atoms with Crippen LogP contribution in [0.4, 0.5) is 0 Å². The average molecular weight is 292 g/mol. The molecule has 2 rings (SSSR count). The van der Waals surface area contributed by atoms with E-state index >= 15 is 0 Å². The Morgan fingerprint density at radius 1 is 1.35 bits per heavy atom. The molecule has 1 heterocycles. The summed E-state index contributed by atoms with van der Waals surface area (Å²) >= 11 is 6.00. The summed E-state index contributed by atoms with van der Waals surface area (Å²) in [6, 6.07) is 9.65. The van der Waals surface area contributed by atoms with Gasteiger partial charge in [0, 0.05) is 11.2 Å². The summed E-state index contributed by atoms with van der Waals surface area (Å²) in [6.45, 7) is 2.55. The molecule has 0 aliphatic heterocycles. The first-order valence-electron chi connectivity index (χ1n) is 6.51. The lowest BCUT2D eigenvalue weighted by atomic mass is 10.0. The molecule has 1 unspecified atom stereocenters. The van der Waals surface area contributed by atoms with Crippen LogP contribution in [0.15, 0.2) is 42.7 Å². The second-order valence-corrected chi connectivity index (χ2v) is 4.88. The molecule has 1 atom stereocenters. The summed E-state index contributed by atoms with van der Waals surface area (Å²) in [7, 11) is 0. The fourth-order valence-electron chi connectivity index (χ4n) is 2.04. The highest BCUT2D eigenvalue weighted by molar-refractivity contribution is 6.30. The number of hydrogen-bond donors (Lipinski definition) is 2. The summed E-state index contributed by atoms with van der Waals surface area (Å²) < 4.78 is 5.46. The fourth-order valence-corrected chi connectivity index (χ4v) is 2.26. The lowest BCUT2D eigenvalue weighted by molar-refractivity contribution is 0.338. The summed E-state index contributed by atoms with van der Waals surface area (Å²) in [5, 5.41) is 0.722. The van der Waals surface area contributed by atoms with Crippen molar-refractivity contribution in [1.82, 2.24) is 10.4 Å². The molecule has 0 fully saturated rings. The number of pyridine rings is 1. The van der Waals surface area contributed by atoms with Crippen LogP contribution in [0.25, 0.3) is 0 Å². The van der Waals surface area contributed by atoms with E-state index in [0.29, 0.717) is 6.61 Å². The van der Waals surface area contributed by atoms with E-state index in [0.717, 1.165) is 28.3 Å². The Bertz CT molecular complexity index is 562. The molecule has 1 aromatic heterocycles. The van der Waals surface area contributed by atoms with Gasteiger partial charge in [-0.15, -0.1) is 0 Å². The van der Waals surface area contributed by atoms with Gasteiger partial charge in [-0.3, -0.25) is 16.3 Å². The van der Waals surface area contributed by atoms with Crippen LogP contribution in [0.3, 0.4) is 0 Å². The van der Waals surface area contributed by atoms with Crippen molar-refractivity contribution in [1.29, 1.82) is 0 Å². The van der Waals surface area contributed by atoms with Crippen molar-refractivity contribution in [2.45, 2.75) is 19.4 Å². The van der Waals surface area contributed by atoms with Crippen molar-refractivity contribution in [3.63, 3.8) is 0 Å². The summed E-state index contributed by atoms with van der Waals surface area (Å²) in [4.78, 5) is 4.18. The van der Waals surface area contributed by atoms with Gasteiger partial charge in [0.05, 0.1) is 18.8 Å². The average Bonchev–Trinajstić information content (AvgIpc) is 2.45. The minimum absolute atomic E-state index is 0.0404. The maximum Gasteiger partial charge on any atom is 0.137 e. The molecular weight excluding hydrogens is 274 g/mol. The highest BCUT2D eigenvalue weighted by atomic mass is 35.5. The molecule has 0 bridgehead atoms. The largest absolute Gasteiger partial charge is 0.492 e. The molecule has 1 aromatic carbocycles. The van der Waals surface area contributed by atoms with Gasteiger partial charge in [0.1, 0.15) is 5.75 Å². The van der Waals surface area contributed by atoms with Gasteiger partial charge in [0.2, 0.25) is 0 Å². The normalized spacial score (nSPS) is 12.2. The van der Waals surface area contributed by atoms with Gasteiger partial charge in [-0.1, -0.05) is 23.7 Å². The molecule has 0 aliphatic carbocycles. The summed E-state index contributed by atoms with van der Waals surface area (Å²) in [5.74, 6) is 6.41. The number of hydrazine groups is 1. The van der Waals surface area contributed by atoms with Crippen molar-refractivity contribution < 1.29 is 4.74 Å². The van der Waals surface area contributed by atoms with E-state index in [9.17, 15) is 0 Å². The van der Waals surface area contributed by atoms with E-state index < -0.39 is 0 Å². The summed E-state index contributed by atoms with van der Waals surface area (Å²) in [6.07, 6.45) is 4.21. The zero-order valence-electron chi connectivity index (χ0n) is 11.3. The Morgan fingerprint density at radius 3 is 2.90 bits per heavy atom. The van der Waals surface area contributed by atoms with Crippen LogP contribution in [0, 0.1) is 0 Å². The second kappa shape index (κ2) is 7.24. The molecule has 3 N–H and O–H groups in total. The van der Waals surface area contributed by atoms with E-state index in [4.69, 9.17) is 22.2 Å². The smallest absolute Gasteiger partial charge is 0.137 e. The lowest BCUT2D eigenvalue weighted by Crippen LogP contribution is -2.29. The number of nitrogens with zero attached hydrogens (tertiary/aromatic N) is 1.